The quantitative estimate of drug-likeness (QED) is 0.605. The van der Waals surface area contributed by atoms with E-state index in [4.69, 9.17) is 4.84 Å². The second-order valence-corrected chi connectivity index (χ2v) is 4.70. The zero-order valence-electron chi connectivity index (χ0n) is 11.5. The summed E-state index contributed by atoms with van der Waals surface area (Å²) in [6.45, 7) is 7.53. The second kappa shape index (κ2) is 6.29. The molecule has 0 atom stereocenters. The van der Waals surface area contributed by atoms with Gasteiger partial charge in [0.15, 0.2) is 0 Å². The molecule has 0 unspecified atom stereocenters. The van der Waals surface area contributed by atoms with Gasteiger partial charge in [-0.25, -0.2) is 4.79 Å². The summed E-state index contributed by atoms with van der Waals surface area (Å²) in [6, 6.07) is 5.74. The highest BCUT2D eigenvalue weighted by Gasteiger charge is 2.25. The van der Waals surface area contributed by atoms with Crippen molar-refractivity contribution in [2.45, 2.75) is 39.8 Å². The molecule has 0 bridgehead atoms. The highest BCUT2D eigenvalue weighted by atomic mass is 16.7. The number of hydroxylamine groups is 2. The zero-order valence-corrected chi connectivity index (χ0v) is 11.5. The summed E-state index contributed by atoms with van der Waals surface area (Å²) in [5.74, 6) is -0.713. The van der Waals surface area contributed by atoms with Crippen LogP contribution in [-0.4, -0.2) is 28.0 Å². The van der Waals surface area contributed by atoms with Gasteiger partial charge in [0.05, 0.1) is 4.92 Å². The molecule has 0 radical (unpaired) electrons. The number of hydrogen-bond donors (Lipinski definition) is 0. The zero-order chi connectivity index (χ0) is 14.6. The Balaban J connectivity index is 2.98. The molecule has 0 spiro atoms. The van der Waals surface area contributed by atoms with Crippen molar-refractivity contribution in [1.82, 2.24) is 5.06 Å². The highest BCUT2D eigenvalue weighted by molar-refractivity contribution is 5.93. The van der Waals surface area contributed by atoms with E-state index in [1.54, 1.807) is 6.07 Å². The summed E-state index contributed by atoms with van der Waals surface area (Å²) in [7, 11) is 0. The Kier molecular flexibility index (Phi) is 5.00. The number of hydrogen-bond acceptors (Lipinski definition) is 5. The van der Waals surface area contributed by atoms with E-state index in [-0.39, 0.29) is 23.3 Å². The van der Waals surface area contributed by atoms with Crippen molar-refractivity contribution in [3.63, 3.8) is 0 Å². The molecule has 0 aliphatic heterocycles. The Morgan fingerprint density at radius 2 is 1.74 bits per heavy atom. The molecule has 0 saturated carbocycles. The average molecular weight is 266 g/mol. The first-order chi connectivity index (χ1) is 8.84. The predicted molar refractivity (Wildman–Crippen MR) is 70.6 cm³/mol. The Morgan fingerprint density at radius 1 is 1.21 bits per heavy atom. The molecule has 0 fully saturated rings. The van der Waals surface area contributed by atoms with Gasteiger partial charge in [0.2, 0.25) is 0 Å². The lowest BCUT2D eigenvalue weighted by molar-refractivity contribution is -0.385. The molecular weight excluding hydrogens is 248 g/mol. The first-order valence-corrected chi connectivity index (χ1v) is 6.08. The van der Waals surface area contributed by atoms with Crippen LogP contribution in [0.2, 0.25) is 0 Å². The largest absolute Gasteiger partial charge is 0.364 e. The van der Waals surface area contributed by atoms with Crippen LogP contribution in [0, 0.1) is 10.1 Å². The van der Waals surface area contributed by atoms with Gasteiger partial charge in [0, 0.05) is 18.2 Å². The van der Waals surface area contributed by atoms with Gasteiger partial charge in [-0.15, -0.1) is 5.06 Å². The van der Waals surface area contributed by atoms with E-state index in [1.165, 1.54) is 23.3 Å². The SMILES string of the molecule is CC(C)N(OC(=O)c1ccccc1[N+](=O)[O-])C(C)C. The molecule has 1 aromatic carbocycles. The van der Waals surface area contributed by atoms with Crippen LogP contribution in [0.5, 0.6) is 0 Å². The third-order valence-electron chi connectivity index (χ3n) is 2.53. The van der Waals surface area contributed by atoms with Crippen molar-refractivity contribution >= 4 is 11.7 Å². The number of nitrogens with zero attached hydrogens (tertiary/aromatic N) is 2. The summed E-state index contributed by atoms with van der Waals surface area (Å²) in [4.78, 5) is 27.5. The Bertz CT molecular complexity index is 463. The van der Waals surface area contributed by atoms with Crippen molar-refractivity contribution in [1.29, 1.82) is 0 Å². The van der Waals surface area contributed by atoms with E-state index < -0.39 is 10.9 Å². The van der Waals surface area contributed by atoms with Gasteiger partial charge >= 0.3 is 5.97 Å². The topological polar surface area (TPSA) is 72.7 Å². The lowest BCUT2D eigenvalue weighted by Crippen LogP contribution is -2.39. The van der Waals surface area contributed by atoms with Gasteiger partial charge in [-0.2, -0.15) is 0 Å². The molecule has 104 valence electrons. The lowest BCUT2D eigenvalue weighted by Gasteiger charge is -2.28. The maximum atomic E-state index is 12.0. The molecule has 0 N–H and O–H groups in total. The van der Waals surface area contributed by atoms with Gasteiger partial charge in [0.25, 0.3) is 5.69 Å². The van der Waals surface area contributed by atoms with Crippen molar-refractivity contribution in [2.75, 3.05) is 0 Å². The van der Waals surface area contributed by atoms with Crippen LogP contribution in [0.1, 0.15) is 38.1 Å². The van der Waals surface area contributed by atoms with Crippen LogP contribution in [-0.2, 0) is 4.84 Å². The Labute approximate surface area is 112 Å². The Morgan fingerprint density at radius 3 is 2.21 bits per heavy atom. The number of nitro groups is 1. The molecule has 0 aromatic heterocycles. The highest BCUT2D eigenvalue weighted by Crippen LogP contribution is 2.20. The second-order valence-electron chi connectivity index (χ2n) is 4.70. The van der Waals surface area contributed by atoms with Crippen molar-refractivity contribution in [2.24, 2.45) is 0 Å². The fourth-order valence-corrected chi connectivity index (χ4v) is 1.76. The van der Waals surface area contributed by atoms with Crippen LogP contribution in [0.25, 0.3) is 0 Å². The fourth-order valence-electron chi connectivity index (χ4n) is 1.76. The smallest absolute Gasteiger partial charge is 0.363 e. The third kappa shape index (κ3) is 3.75. The predicted octanol–water partition coefficient (Wildman–Crippen LogP) is 2.79. The summed E-state index contributed by atoms with van der Waals surface area (Å²) in [5, 5.41) is 12.4. The Hall–Kier alpha value is -1.95. The number of nitro benzene ring substituents is 1. The maximum Gasteiger partial charge on any atom is 0.364 e. The van der Waals surface area contributed by atoms with E-state index in [0.717, 1.165) is 0 Å². The number of rotatable bonds is 5. The number of benzene rings is 1. The maximum absolute atomic E-state index is 12.0. The van der Waals surface area contributed by atoms with Gasteiger partial charge in [0.1, 0.15) is 5.56 Å². The summed E-state index contributed by atoms with van der Waals surface area (Å²) >= 11 is 0. The average Bonchev–Trinajstić information content (AvgIpc) is 2.34. The minimum atomic E-state index is -0.713. The number of para-hydroxylation sites is 1. The van der Waals surface area contributed by atoms with E-state index in [9.17, 15) is 14.9 Å². The first-order valence-electron chi connectivity index (χ1n) is 6.08. The molecule has 0 heterocycles. The van der Waals surface area contributed by atoms with E-state index in [0.29, 0.717) is 0 Å². The first kappa shape index (κ1) is 15.1. The molecule has 0 aliphatic carbocycles. The van der Waals surface area contributed by atoms with Crippen LogP contribution in [0.4, 0.5) is 5.69 Å². The molecule has 6 nitrogen and oxygen atoms in total. The van der Waals surface area contributed by atoms with Crippen molar-refractivity contribution < 1.29 is 14.6 Å². The van der Waals surface area contributed by atoms with E-state index >= 15 is 0 Å². The molecule has 1 aromatic rings. The van der Waals surface area contributed by atoms with Crippen LogP contribution >= 0.6 is 0 Å². The van der Waals surface area contributed by atoms with Crippen LogP contribution < -0.4 is 0 Å². The fraction of sp³-hybridized carbons (Fsp3) is 0.462. The molecule has 6 heteroatoms. The van der Waals surface area contributed by atoms with E-state index in [2.05, 4.69) is 0 Å². The van der Waals surface area contributed by atoms with Gasteiger partial charge < -0.3 is 4.84 Å². The number of carbonyl (C=O) groups is 1. The molecule has 19 heavy (non-hydrogen) atoms. The minimum Gasteiger partial charge on any atom is -0.363 e. The molecule has 0 amide bonds. The standard InChI is InChI=1S/C13H18N2O4/c1-9(2)14(10(3)4)19-13(16)11-7-5-6-8-12(11)15(17)18/h5-10H,1-4H3. The van der Waals surface area contributed by atoms with E-state index in [1.807, 2.05) is 27.7 Å². The number of carbonyl (C=O) groups excluding carboxylic acids is 1. The van der Waals surface area contributed by atoms with Crippen LogP contribution in [0.15, 0.2) is 24.3 Å². The molecular formula is C13H18N2O4. The van der Waals surface area contributed by atoms with Gasteiger partial charge in [-0.1, -0.05) is 12.1 Å². The third-order valence-corrected chi connectivity index (χ3v) is 2.53. The summed E-state index contributed by atoms with van der Waals surface area (Å²) in [6.07, 6.45) is 0. The van der Waals surface area contributed by atoms with Crippen molar-refractivity contribution in [3.05, 3.63) is 39.9 Å². The molecule has 1 rings (SSSR count). The molecule has 0 aliphatic rings. The van der Waals surface area contributed by atoms with Gasteiger partial charge in [-0.05, 0) is 33.8 Å². The minimum absolute atomic E-state index is 0.00767. The monoisotopic (exact) mass is 266 g/mol. The summed E-state index contributed by atoms with van der Waals surface area (Å²) in [5.41, 5.74) is -0.293. The lowest BCUT2D eigenvalue weighted by atomic mass is 10.2. The van der Waals surface area contributed by atoms with Gasteiger partial charge in [-0.3, -0.25) is 10.1 Å². The van der Waals surface area contributed by atoms with Crippen LogP contribution in [0.3, 0.4) is 0 Å². The summed E-state index contributed by atoms with van der Waals surface area (Å²) < 4.78 is 0. The molecule has 0 saturated heterocycles. The van der Waals surface area contributed by atoms with Crippen molar-refractivity contribution in [3.8, 4) is 0 Å². The normalized spacial score (nSPS) is 11.1.